The molecule has 0 heterocycles. The van der Waals surface area contributed by atoms with Crippen LogP contribution in [-0.2, 0) is 30.6 Å². The van der Waals surface area contributed by atoms with Crippen LogP contribution in [-0.4, -0.2) is 13.3 Å². The van der Waals surface area contributed by atoms with Gasteiger partial charge in [0.2, 0.25) is 0 Å². The van der Waals surface area contributed by atoms with Gasteiger partial charge in [-0.1, -0.05) is 50.6 Å². The Balaban J connectivity index is 2.31. The van der Waals surface area contributed by atoms with Gasteiger partial charge in [0, 0.05) is 10.6 Å². The first kappa shape index (κ1) is 20.1. The lowest BCUT2D eigenvalue weighted by atomic mass is 10.0. The van der Waals surface area contributed by atoms with Crippen molar-refractivity contribution in [2.24, 2.45) is 0 Å². The van der Waals surface area contributed by atoms with Gasteiger partial charge in [-0.3, -0.25) is 0 Å². The maximum Gasteiger partial charge on any atom is 0.513 e. The molecule has 5 heteroatoms. The van der Waals surface area contributed by atoms with Gasteiger partial charge in [-0.05, 0) is 48.1 Å². The van der Waals surface area contributed by atoms with Crippen LogP contribution in [0.2, 0.25) is 5.02 Å². The lowest BCUT2D eigenvalue weighted by molar-refractivity contribution is 0.120. The number of hydrogen-bond donors (Lipinski definition) is 0. The molecule has 0 aliphatic carbocycles. The van der Waals surface area contributed by atoms with Crippen LogP contribution in [0.3, 0.4) is 0 Å². The first-order valence-corrected chi connectivity index (χ1v) is 9.22. The molecule has 0 aromatic heterocycles. The molecular weight excluding hydrogens is 352 g/mol. The molecule has 0 radical (unpaired) electrons. The van der Waals surface area contributed by atoms with E-state index in [0.29, 0.717) is 10.8 Å². The van der Waals surface area contributed by atoms with Crippen LogP contribution < -0.4 is 9.47 Å². The van der Waals surface area contributed by atoms with Gasteiger partial charge >= 0.3 is 6.16 Å². The SMILES string of the molecule is CCc1cc(CC)c(OCc2c(CC)cccc2OC(=O)OC)cc1Cl. The summed E-state index contributed by atoms with van der Waals surface area (Å²) >= 11 is 6.35. The Labute approximate surface area is 160 Å². The van der Waals surface area contributed by atoms with E-state index in [0.717, 1.165) is 47.3 Å². The number of hydrogen-bond acceptors (Lipinski definition) is 4. The summed E-state index contributed by atoms with van der Waals surface area (Å²) in [6.07, 6.45) is 1.78. The van der Waals surface area contributed by atoms with E-state index in [1.807, 2.05) is 25.1 Å². The average Bonchev–Trinajstić information content (AvgIpc) is 2.66. The molecule has 140 valence electrons. The zero-order chi connectivity index (χ0) is 19.1. The van der Waals surface area contributed by atoms with E-state index in [4.69, 9.17) is 21.1 Å². The third kappa shape index (κ3) is 4.70. The van der Waals surface area contributed by atoms with Gasteiger partial charge < -0.3 is 14.2 Å². The van der Waals surface area contributed by atoms with Crippen LogP contribution in [0.5, 0.6) is 11.5 Å². The summed E-state index contributed by atoms with van der Waals surface area (Å²) in [6, 6.07) is 9.55. The summed E-state index contributed by atoms with van der Waals surface area (Å²) in [5, 5.41) is 0.703. The number of aryl methyl sites for hydroxylation is 3. The van der Waals surface area contributed by atoms with E-state index in [1.165, 1.54) is 7.11 Å². The molecule has 2 aromatic rings. The summed E-state index contributed by atoms with van der Waals surface area (Å²) in [6.45, 7) is 6.49. The minimum Gasteiger partial charge on any atom is -0.488 e. The number of methoxy groups -OCH3 is 1. The molecule has 0 aliphatic rings. The molecular formula is C21H25ClO4. The topological polar surface area (TPSA) is 44.8 Å². The molecule has 0 atom stereocenters. The quantitative estimate of drug-likeness (QED) is 0.455. The van der Waals surface area contributed by atoms with Crippen molar-refractivity contribution in [3.8, 4) is 11.5 Å². The lowest BCUT2D eigenvalue weighted by Gasteiger charge is -2.17. The second-order valence-electron chi connectivity index (χ2n) is 5.85. The molecule has 0 amide bonds. The molecule has 26 heavy (non-hydrogen) atoms. The monoisotopic (exact) mass is 376 g/mol. The first-order valence-electron chi connectivity index (χ1n) is 8.84. The maximum atomic E-state index is 11.5. The van der Waals surface area contributed by atoms with Crippen molar-refractivity contribution in [3.05, 3.63) is 57.6 Å². The van der Waals surface area contributed by atoms with Crippen molar-refractivity contribution >= 4 is 17.8 Å². The summed E-state index contributed by atoms with van der Waals surface area (Å²) < 4.78 is 16.0. The van der Waals surface area contributed by atoms with E-state index < -0.39 is 6.16 Å². The van der Waals surface area contributed by atoms with E-state index in [-0.39, 0.29) is 6.61 Å². The van der Waals surface area contributed by atoms with Crippen LogP contribution in [0.15, 0.2) is 30.3 Å². The number of benzene rings is 2. The number of ether oxygens (including phenoxy) is 3. The Morgan fingerprint density at radius 1 is 0.962 bits per heavy atom. The largest absolute Gasteiger partial charge is 0.513 e. The molecule has 0 saturated carbocycles. The second-order valence-corrected chi connectivity index (χ2v) is 6.26. The molecule has 0 fully saturated rings. The Bertz CT molecular complexity index is 771. The van der Waals surface area contributed by atoms with Crippen molar-refractivity contribution in [3.63, 3.8) is 0 Å². The van der Waals surface area contributed by atoms with Crippen LogP contribution in [0.4, 0.5) is 4.79 Å². The molecule has 4 nitrogen and oxygen atoms in total. The number of rotatable bonds is 7. The summed E-state index contributed by atoms with van der Waals surface area (Å²) in [7, 11) is 1.28. The Hall–Kier alpha value is -2.20. The Morgan fingerprint density at radius 2 is 1.65 bits per heavy atom. The van der Waals surface area contributed by atoms with E-state index in [1.54, 1.807) is 6.07 Å². The second kappa shape index (κ2) is 9.48. The van der Waals surface area contributed by atoms with Gasteiger partial charge in [-0.2, -0.15) is 0 Å². The van der Waals surface area contributed by atoms with Crippen LogP contribution in [0.1, 0.15) is 43.0 Å². The van der Waals surface area contributed by atoms with Gasteiger partial charge in [-0.25, -0.2) is 4.79 Å². The Morgan fingerprint density at radius 3 is 2.27 bits per heavy atom. The maximum absolute atomic E-state index is 11.5. The fourth-order valence-corrected chi connectivity index (χ4v) is 3.10. The normalized spacial score (nSPS) is 10.5. The third-order valence-electron chi connectivity index (χ3n) is 4.33. The lowest BCUT2D eigenvalue weighted by Crippen LogP contribution is -2.11. The molecule has 0 N–H and O–H groups in total. The van der Waals surface area contributed by atoms with Crippen LogP contribution >= 0.6 is 11.6 Å². The van der Waals surface area contributed by atoms with Crippen molar-refractivity contribution in [2.45, 2.75) is 46.6 Å². The van der Waals surface area contributed by atoms with Gasteiger partial charge in [0.05, 0.1) is 7.11 Å². The molecule has 0 saturated heterocycles. The summed E-state index contributed by atoms with van der Waals surface area (Å²) in [5.74, 6) is 1.20. The molecule has 0 aliphatic heterocycles. The van der Waals surface area contributed by atoms with E-state index >= 15 is 0 Å². The fourth-order valence-electron chi connectivity index (χ4n) is 2.82. The minimum atomic E-state index is -0.746. The molecule has 2 aromatic carbocycles. The molecule has 0 spiro atoms. The van der Waals surface area contributed by atoms with Gasteiger partial charge in [-0.15, -0.1) is 0 Å². The first-order chi connectivity index (χ1) is 12.5. The highest BCUT2D eigenvalue weighted by atomic mass is 35.5. The van der Waals surface area contributed by atoms with Crippen molar-refractivity contribution in [1.82, 2.24) is 0 Å². The summed E-state index contributed by atoms with van der Waals surface area (Å²) in [5.41, 5.74) is 4.11. The molecule has 0 bridgehead atoms. The number of carbonyl (C=O) groups is 1. The third-order valence-corrected chi connectivity index (χ3v) is 4.69. The Kier molecular flexibility index (Phi) is 7.34. The van der Waals surface area contributed by atoms with Gasteiger partial charge in [0.1, 0.15) is 18.1 Å². The fraction of sp³-hybridized carbons (Fsp3) is 0.381. The number of halogens is 1. The molecule has 0 unspecified atom stereocenters. The van der Waals surface area contributed by atoms with Crippen molar-refractivity contribution in [1.29, 1.82) is 0 Å². The highest BCUT2D eigenvalue weighted by Crippen LogP contribution is 2.31. The van der Waals surface area contributed by atoms with Crippen LogP contribution in [0, 0.1) is 0 Å². The van der Waals surface area contributed by atoms with Crippen molar-refractivity contribution < 1.29 is 19.0 Å². The van der Waals surface area contributed by atoms with E-state index in [9.17, 15) is 4.79 Å². The van der Waals surface area contributed by atoms with E-state index in [2.05, 4.69) is 24.7 Å². The van der Waals surface area contributed by atoms with Crippen molar-refractivity contribution in [2.75, 3.05) is 7.11 Å². The standard InChI is InChI=1S/C21H25ClO4/c1-5-14-9-8-10-19(26-21(23)24-4)17(14)13-25-20-12-18(22)15(6-2)11-16(20)7-3/h8-12H,5-7,13H2,1-4H3. The predicted molar refractivity (Wildman–Crippen MR) is 103 cm³/mol. The predicted octanol–water partition coefficient (Wildman–Crippen LogP) is 5.75. The van der Waals surface area contributed by atoms with Gasteiger partial charge in [0.25, 0.3) is 0 Å². The average molecular weight is 377 g/mol. The molecule has 2 rings (SSSR count). The minimum absolute atomic E-state index is 0.283. The smallest absolute Gasteiger partial charge is 0.488 e. The highest BCUT2D eigenvalue weighted by molar-refractivity contribution is 6.31. The zero-order valence-electron chi connectivity index (χ0n) is 15.7. The zero-order valence-corrected chi connectivity index (χ0v) is 16.5. The highest BCUT2D eigenvalue weighted by Gasteiger charge is 2.15. The van der Waals surface area contributed by atoms with Gasteiger partial charge in [0.15, 0.2) is 0 Å². The summed E-state index contributed by atoms with van der Waals surface area (Å²) in [4.78, 5) is 11.5. The number of carbonyl (C=O) groups excluding carboxylic acids is 1. The van der Waals surface area contributed by atoms with Crippen LogP contribution in [0.25, 0.3) is 0 Å².